The van der Waals surface area contributed by atoms with Gasteiger partial charge in [0.2, 0.25) is 0 Å². The van der Waals surface area contributed by atoms with Gasteiger partial charge in [0.1, 0.15) is 5.56 Å². The first kappa shape index (κ1) is 17.1. The highest BCUT2D eigenvalue weighted by Gasteiger charge is 2.21. The fraction of sp³-hybridized carbons (Fsp3) is 0.500. The number of carbonyl (C=O) groups excluding carboxylic acids is 1. The molecule has 0 saturated heterocycles. The van der Waals surface area contributed by atoms with E-state index in [1.807, 2.05) is 13.8 Å². The zero-order valence-corrected chi connectivity index (χ0v) is 12.4. The van der Waals surface area contributed by atoms with Crippen molar-refractivity contribution in [2.45, 2.75) is 27.1 Å². The maximum Gasteiger partial charge on any atom is 0.282 e. The third kappa shape index (κ3) is 5.13. The predicted octanol–water partition coefficient (Wildman–Crippen LogP) is 2.03. The van der Waals surface area contributed by atoms with E-state index in [4.69, 9.17) is 9.47 Å². The highest BCUT2D eigenvalue weighted by molar-refractivity contribution is 5.98. The fourth-order valence-corrected chi connectivity index (χ4v) is 1.80. The van der Waals surface area contributed by atoms with Crippen LogP contribution in [0.25, 0.3) is 0 Å². The number of benzene rings is 1. The Morgan fingerprint density at radius 3 is 2.48 bits per heavy atom. The number of aryl methyl sites for hydroxylation is 1. The molecule has 116 valence electrons. The first-order chi connectivity index (χ1) is 9.99. The van der Waals surface area contributed by atoms with E-state index in [0.717, 1.165) is 5.56 Å². The number of carbonyl (C=O) groups is 1. The van der Waals surface area contributed by atoms with E-state index >= 15 is 0 Å². The number of nitro benzene ring substituents is 1. The molecule has 21 heavy (non-hydrogen) atoms. The summed E-state index contributed by atoms with van der Waals surface area (Å²) in [5.41, 5.74) is 0.589. The lowest BCUT2D eigenvalue weighted by Crippen LogP contribution is -2.35. The normalized spacial score (nSPS) is 10.7. The largest absolute Gasteiger partial charge is 0.351 e. The molecule has 0 spiro atoms. The molecule has 0 aliphatic rings. The van der Waals surface area contributed by atoms with Crippen LogP contribution in [0, 0.1) is 17.0 Å². The van der Waals surface area contributed by atoms with Gasteiger partial charge in [-0.05, 0) is 32.4 Å². The van der Waals surface area contributed by atoms with Gasteiger partial charge in [0.15, 0.2) is 6.29 Å². The third-order valence-electron chi connectivity index (χ3n) is 2.73. The molecule has 1 aromatic carbocycles. The molecular formula is C14H20N2O5. The minimum absolute atomic E-state index is 0.0340. The van der Waals surface area contributed by atoms with Gasteiger partial charge in [0, 0.05) is 19.3 Å². The zero-order chi connectivity index (χ0) is 15.8. The van der Waals surface area contributed by atoms with Crippen LogP contribution in [0.1, 0.15) is 29.8 Å². The second-order valence-electron chi connectivity index (χ2n) is 4.33. The predicted molar refractivity (Wildman–Crippen MR) is 77.2 cm³/mol. The van der Waals surface area contributed by atoms with E-state index in [-0.39, 0.29) is 17.8 Å². The molecule has 0 radical (unpaired) electrons. The van der Waals surface area contributed by atoms with Gasteiger partial charge in [-0.1, -0.05) is 6.07 Å². The first-order valence-electron chi connectivity index (χ1n) is 6.76. The lowest BCUT2D eigenvalue weighted by Gasteiger charge is -2.17. The summed E-state index contributed by atoms with van der Waals surface area (Å²) in [5.74, 6) is -0.519. The summed E-state index contributed by atoms with van der Waals surface area (Å²) in [6, 6.07) is 4.41. The second-order valence-corrected chi connectivity index (χ2v) is 4.33. The summed E-state index contributed by atoms with van der Waals surface area (Å²) in [5, 5.41) is 13.6. The minimum Gasteiger partial charge on any atom is -0.351 e. The number of ether oxygens (including phenoxy) is 2. The van der Waals surface area contributed by atoms with Gasteiger partial charge in [-0.15, -0.1) is 0 Å². The van der Waals surface area contributed by atoms with Crippen LogP contribution in [0.4, 0.5) is 5.69 Å². The van der Waals surface area contributed by atoms with E-state index in [9.17, 15) is 14.9 Å². The van der Waals surface area contributed by atoms with Crippen LogP contribution in [0.3, 0.4) is 0 Å². The molecule has 0 saturated carbocycles. The molecule has 1 rings (SSSR count). The number of nitro groups is 1. The third-order valence-corrected chi connectivity index (χ3v) is 2.73. The molecule has 0 fully saturated rings. The summed E-state index contributed by atoms with van der Waals surface area (Å²) >= 11 is 0. The van der Waals surface area contributed by atoms with E-state index in [2.05, 4.69) is 5.32 Å². The molecule has 0 atom stereocenters. The smallest absolute Gasteiger partial charge is 0.282 e. The van der Waals surface area contributed by atoms with Crippen molar-refractivity contribution in [3.8, 4) is 0 Å². The van der Waals surface area contributed by atoms with Crippen molar-refractivity contribution in [3.63, 3.8) is 0 Å². The van der Waals surface area contributed by atoms with Crippen LogP contribution in [0.5, 0.6) is 0 Å². The molecule has 7 nitrogen and oxygen atoms in total. The summed E-state index contributed by atoms with van der Waals surface area (Å²) in [6.45, 7) is 6.43. The maximum absolute atomic E-state index is 12.1. The van der Waals surface area contributed by atoms with Crippen molar-refractivity contribution in [2.75, 3.05) is 19.8 Å². The van der Waals surface area contributed by atoms with E-state index in [1.54, 1.807) is 13.0 Å². The summed E-state index contributed by atoms with van der Waals surface area (Å²) < 4.78 is 10.6. The van der Waals surface area contributed by atoms with Gasteiger partial charge in [-0.25, -0.2) is 0 Å². The highest BCUT2D eigenvalue weighted by Crippen LogP contribution is 2.19. The van der Waals surface area contributed by atoms with E-state index < -0.39 is 17.1 Å². The Kier molecular flexibility index (Phi) is 6.77. The molecule has 0 heterocycles. The standard InChI is InChI=1S/C14H20N2O5/c1-4-20-13(21-5-2)9-15-14(17)11-8-10(3)6-7-12(11)16(18)19/h6-8,13H,4-5,9H2,1-3H3,(H,15,17). The summed E-state index contributed by atoms with van der Waals surface area (Å²) in [6.07, 6.45) is -0.562. The Balaban J connectivity index is 2.79. The summed E-state index contributed by atoms with van der Waals surface area (Å²) in [4.78, 5) is 22.5. The van der Waals surface area contributed by atoms with Crippen molar-refractivity contribution in [1.29, 1.82) is 0 Å². The van der Waals surface area contributed by atoms with Crippen molar-refractivity contribution >= 4 is 11.6 Å². The Morgan fingerprint density at radius 1 is 1.33 bits per heavy atom. The van der Waals surface area contributed by atoms with Crippen LogP contribution in [-0.2, 0) is 9.47 Å². The monoisotopic (exact) mass is 296 g/mol. The second kappa shape index (κ2) is 8.33. The molecular weight excluding hydrogens is 276 g/mol. The van der Waals surface area contributed by atoms with Gasteiger partial charge in [-0.2, -0.15) is 0 Å². The molecule has 1 aromatic rings. The van der Waals surface area contributed by atoms with Gasteiger partial charge in [0.05, 0.1) is 11.5 Å². The average Bonchev–Trinajstić information content (AvgIpc) is 2.44. The van der Waals surface area contributed by atoms with E-state index in [1.165, 1.54) is 12.1 Å². The fourth-order valence-electron chi connectivity index (χ4n) is 1.80. The van der Waals surface area contributed by atoms with Gasteiger partial charge >= 0.3 is 0 Å². The lowest BCUT2D eigenvalue weighted by molar-refractivity contribution is -0.385. The number of nitrogens with one attached hydrogen (secondary N) is 1. The number of hydrogen-bond acceptors (Lipinski definition) is 5. The van der Waals surface area contributed by atoms with Crippen molar-refractivity contribution in [3.05, 3.63) is 39.4 Å². The van der Waals surface area contributed by atoms with Crippen molar-refractivity contribution in [1.82, 2.24) is 5.32 Å². The van der Waals surface area contributed by atoms with Gasteiger partial charge in [0.25, 0.3) is 11.6 Å². The Bertz CT molecular complexity index is 498. The summed E-state index contributed by atoms with van der Waals surface area (Å²) in [7, 11) is 0. The quantitative estimate of drug-likeness (QED) is 0.450. The van der Waals surface area contributed by atoms with Crippen LogP contribution in [-0.4, -0.2) is 36.9 Å². The Labute approximate surface area is 123 Å². The number of nitrogens with zero attached hydrogens (tertiary/aromatic N) is 1. The number of hydrogen-bond donors (Lipinski definition) is 1. The Morgan fingerprint density at radius 2 is 1.95 bits per heavy atom. The lowest BCUT2D eigenvalue weighted by atomic mass is 10.1. The van der Waals surface area contributed by atoms with Gasteiger partial charge in [-0.3, -0.25) is 14.9 Å². The molecule has 0 unspecified atom stereocenters. The average molecular weight is 296 g/mol. The molecule has 1 N–H and O–H groups in total. The molecule has 0 aliphatic carbocycles. The number of rotatable bonds is 8. The van der Waals surface area contributed by atoms with E-state index in [0.29, 0.717) is 13.2 Å². The highest BCUT2D eigenvalue weighted by atomic mass is 16.7. The molecule has 0 aromatic heterocycles. The molecule has 1 amide bonds. The van der Waals surface area contributed by atoms with Crippen LogP contribution in [0.2, 0.25) is 0 Å². The van der Waals surface area contributed by atoms with Crippen LogP contribution in [0.15, 0.2) is 18.2 Å². The minimum atomic E-state index is -0.572. The van der Waals surface area contributed by atoms with Crippen molar-refractivity contribution in [2.24, 2.45) is 0 Å². The maximum atomic E-state index is 12.1. The number of amides is 1. The van der Waals surface area contributed by atoms with Gasteiger partial charge < -0.3 is 14.8 Å². The molecule has 7 heteroatoms. The SMILES string of the molecule is CCOC(CNC(=O)c1cc(C)ccc1[N+](=O)[O-])OCC. The van der Waals surface area contributed by atoms with Crippen LogP contribution < -0.4 is 5.32 Å². The van der Waals surface area contributed by atoms with Crippen LogP contribution >= 0.6 is 0 Å². The van der Waals surface area contributed by atoms with Crippen molar-refractivity contribution < 1.29 is 19.2 Å². The topological polar surface area (TPSA) is 90.7 Å². The Hall–Kier alpha value is -1.99. The first-order valence-corrected chi connectivity index (χ1v) is 6.76. The zero-order valence-electron chi connectivity index (χ0n) is 12.4. The molecule has 0 bridgehead atoms. The molecule has 0 aliphatic heterocycles.